The Balaban J connectivity index is 1.50. The van der Waals surface area contributed by atoms with Crippen molar-refractivity contribution in [2.24, 2.45) is 34.5 Å². The van der Waals surface area contributed by atoms with Crippen LogP contribution in [0.2, 0.25) is 0 Å². The first kappa shape index (κ1) is 14.2. The van der Waals surface area contributed by atoms with E-state index >= 15 is 0 Å². The Kier molecular flexibility index (Phi) is 2.91. The molecule has 5 fully saturated rings. The summed E-state index contributed by atoms with van der Waals surface area (Å²) in [5.41, 5.74) is 0.785. The summed E-state index contributed by atoms with van der Waals surface area (Å²) in [5.74, 6) is 3.26. The van der Waals surface area contributed by atoms with Gasteiger partial charge in [-0.1, -0.05) is 13.8 Å². The fourth-order valence-electron chi connectivity index (χ4n) is 7.66. The van der Waals surface area contributed by atoms with Crippen LogP contribution >= 0.6 is 0 Å². The number of hydrogen-bond donors (Lipinski definition) is 2. The zero-order chi connectivity index (χ0) is 15.1. The molecule has 22 heavy (non-hydrogen) atoms. The molecule has 3 heteroatoms. The van der Waals surface area contributed by atoms with Gasteiger partial charge in [0, 0.05) is 12.0 Å². The summed E-state index contributed by atoms with van der Waals surface area (Å²) in [7, 11) is 0. The first-order chi connectivity index (χ1) is 10.5. The molecule has 9 atom stereocenters. The van der Waals surface area contributed by atoms with Crippen LogP contribution in [0.4, 0.5) is 0 Å². The Labute approximate surface area is 134 Å². The maximum atomic E-state index is 10.3. The van der Waals surface area contributed by atoms with Crippen LogP contribution in [0.15, 0.2) is 0 Å². The quantitative estimate of drug-likeness (QED) is 0.723. The maximum Gasteiger partial charge on any atom is 0.108 e. The number of aliphatic hydroxyl groups excluding tert-OH is 1. The highest BCUT2D eigenvalue weighted by atomic mass is 16.5. The maximum absolute atomic E-state index is 10.3. The fraction of sp³-hybridized carbons (Fsp3) is 1.00. The monoisotopic (exact) mass is 305 g/mol. The molecule has 3 nitrogen and oxygen atoms in total. The van der Waals surface area contributed by atoms with Crippen molar-refractivity contribution in [2.45, 2.75) is 77.2 Å². The molecule has 7 unspecified atom stereocenters. The summed E-state index contributed by atoms with van der Waals surface area (Å²) in [4.78, 5) is 0. The molecule has 2 heterocycles. The van der Waals surface area contributed by atoms with Gasteiger partial charge in [0.25, 0.3) is 0 Å². The first-order valence-corrected chi connectivity index (χ1v) is 9.57. The van der Waals surface area contributed by atoms with Gasteiger partial charge >= 0.3 is 0 Å². The topological polar surface area (TPSA) is 41.5 Å². The van der Waals surface area contributed by atoms with Gasteiger partial charge in [-0.25, -0.2) is 0 Å². The largest absolute Gasteiger partial charge is 0.393 e. The molecule has 124 valence electrons. The van der Waals surface area contributed by atoms with E-state index in [1.165, 1.54) is 32.1 Å². The van der Waals surface area contributed by atoms with Crippen molar-refractivity contribution in [3.05, 3.63) is 0 Å². The molecule has 0 radical (unpaired) electrons. The van der Waals surface area contributed by atoms with E-state index < -0.39 is 0 Å². The van der Waals surface area contributed by atoms with E-state index in [1.54, 1.807) is 0 Å². The lowest BCUT2D eigenvalue weighted by Crippen LogP contribution is -2.58. The average Bonchev–Trinajstić information content (AvgIpc) is 3.02. The smallest absolute Gasteiger partial charge is 0.108 e. The molecule has 3 saturated carbocycles. The number of rotatable bonds is 0. The molecule has 0 aromatic rings. The molecule has 5 aliphatic rings. The lowest BCUT2D eigenvalue weighted by atomic mass is 9.46. The number of aliphatic hydroxyl groups is 1. The highest BCUT2D eigenvalue weighted by Gasteiger charge is 2.63. The number of hydrogen-bond acceptors (Lipinski definition) is 3. The molecule has 2 saturated heterocycles. The predicted octanol–water partition coefficient (Wildman–Crippen LogP) is 2.92. The van der Waals surface area contributed by atoms with Gasteiger partial charge in [0.15, 0.2) is 0 Å². The standard InChI is InChI=1S/C19H31NO2/c1-18-6-5-14-13(15(18)8-12(21)9-18)4-3-11-7-17-20-10-16(22-17)19(11,14)2/h11-17,20-21H,3-10H2,1-2H3/t11?,12?,13?,14?,15?,16?,17?,18-,19+/m1/s1. The SMILES string of the molecule is C[C@]12CCC3C(CCC4CC5NCC(O5)[C@@]43C)C1CC(O)C2. The summed E-state index contributed by atoms with van der Waals surface area (Å²) in [5, 5.41) is 13.9. The molecular formula is C19H31NO2. The van der Waals surface area contributed by atoms with Gasteiger partial charge in [0.2, 0.25) is 0 Å². The number of ether oxygens (including phenoxy) is 1. The Morgan fingerprint density at radius 1 is 1.09 bits per heavy atom. The van der Waals surface area contributed by atoms with Crippen molar-refractivity contribution in [3.8, 4) is 0 Å². The van der Waals surface area contributed by atoms with Crippen molar-refractivity contribution in [3.63, 3.8) is 0 Å². The normalized spacial score (nSPS) is 63.1. The molecule has 2 bridgehead atoms. The zero-order valence-electron chi connectivity index (χ0n) is 14.1. The third-order valence-corrected chi connectivity index (χ3v) is 8.76. The minimum absolute atomic E-state index is 0.0422. The predicted molar refractivity (Wildman–Crippen MR) is 85.2 cm³/mol. The number of nitrogens with one attached hydrogen (secondary N) is 1. The second-order valence-electron chi connectivity index (χ2n) is 9.56. The second kappa shape index (κ2) is 4.49. The van der Waals surface area contributed by atoms with Crippen LogP contribution < -0.4 is 5.32 Å². The lowest BCUT2D eigenvalue weighted by molar-refractivity contribution is -0.190. The third-order valence-electron chi connectivity index (χ3n) is 8.76. The van der Waals surface area contributed by atoms with Gasteiger partial charge in [-0.2, -0.15) is 0 Å². The molecule has 0 aromatic heterocycles. The Hall–Kier alpha value is -0.120. The molecule has 5 rings (SSSR count). The molecule has 2 aliphatic heterocycles. The van der Waals surface area contributed by atoms with Crippen LogP contribution in [0, 0.1) is 34.5 Å². The highest BCUT2D eigenvalue weighted by molar-refractivity contribution is 5.12. The van der Waals surface area contributed by atoms with E-state index in [0.717, 1.165) is 43.1 Å². The summed E-state index contributed by atoms with van der Waals surface area (Å²) < 4.78 is 6.32. The zero-order valence-corrected chi connectivity index (χ0v) is 14.1. The Bertz CT molecular complexity index is 482. The van der Waals surface area contributed by atoms with Crippen LogP contribution in [0.25, 0.3) is 0 Å². The van der Waals surface area contributed by atoms with Gasteiger partial charge in [-0.3, -0.25) is 5.32 Å². The molecular weight excluding hydrogens is 274 g/mol. The van der Waals surface area contributed by atoms with Crippen molar-refractivity contribution >= 4 is 0 Å². The fourth-order valence-corrected chi connectivity index (χ4v) is 7.66. The van der Waals surface area contributed by atoms with E-state index in [2.05, 4.69) is 19.2 Å². The summed E-state index contributed by atoms with van der Waals surface area (Å²) >= 11 is 0. The van der Waals surface area contributed by atoms with Crippen molar-refractivity contribution in [2.75, 3.05) is 6.54 Å². The molecule has 2 N–H and O–H groups in total. The van der Waals surface area contributed by atoms with Gasteiger partial charge in [0.05, 0.1) is 12.2 Å². The second-order valence-corrected chi connectivity index (χ2v) is 9.56. The van der Waals surface area contributed by atoms with Crippen molar-refractivity contribution in [1.82, 2.24) is 5.32 Å². The van der Waals surface area contributed by atoms with E-state index in [4.69, 9.17) is 4.74 Å². The Morgan fingerprint density at radius 2 is 1.95 bits per heavy atom. The average molecular weight is 305 g/mol. The third kappa shape index (κ3) is 1.68. The first-order valence-electron chi connectivity index (χ1n) is 9.57. The minimum Gasteiger partial charge on any atom is -0.393 e. The van der Waals surface area contributed by atoms with Crippen LogP contribution in [-0.2, 0) is 4.74 Å². The van der Waals surface area contributed by atoms with Gasteiger partial charge in [-0.05, 0) is 74.0 Å². The summed E-state index contributed by atoms with van der Waals surface area (Å²) in [6.45, 7) is 6.07. The molecule has 0 aromatic carbocycles. The van der Waals surface area contributed by atoms with Crippen molar-refractivity contribution in [1.29, 1.82) is 0 Å². The summed E-state index contributed by atoms with van der Waals surface area (Å²) in [6.07, 6.45) is 9.52. The van der Waals surface area contributed by atoms with E-state index in [0.29, 0.717) is 23.2 Å². The van der Waals surface area contributed by atoms with E-state index in [-0.39, 0.29) is 6.10 Å². The van der Waals surface area contributed by atoms with Crippen LogP contribution in [0.1, 0.15) is 58.8 Å². The van der Waals surface area contributed by atoms with Crippen LogP contribution in [-0.4, -0.2) is 30.1 Å². The minimum atomic E-state index is -0.0422. The molecule has 3 aliphatic carbocycles. The molecule has 0 amide bonds. The lowest BCUT2D eigenvalue weighted by Gasteiger charge is -2.61. The van der Waals surface area contributed by atoms with E-state index in [1.807, 2.05) is 0 Å². The molecule has 0 spiro atoms. The summed E-state index contributed by atoms with van der Waals surface area (Å²) in [6, 6.07) is 0. The highest BCUT2D eigenvalue weighted by Crippen LogP contribution is 2.66. The van der Waals surface area contributed by atoms with E-state index in [9.17, 15) is 5.11 Å². The van der Waals surface area contributed by atoms with Gasteiger partial charge < -0.3 is 9.84 Å². The van der Waals surface area contributed by atoms with Gasteiger partial charge in [-0.15, -0.1) is 0 Å². The Morgan fingerprint density at radius 3 is 2.82 bits per heavy atom. The van der Waals surface area contributed by atoms with Gasteiger partial charge in [0.1, 0.15) is 6.23 Å². The number of fused-ring (bicyclic) bond motifs is 8. The van der Waals surface area contributed by atoms with Crippen LogP contribution in [0.5, 0.6) is 0 Å². The van der Waals surface area contributed by atoms with Crippen molar-refractivity contribution < 1.29 is 9.84 Å². The van der Waals surface area contributed by atoms with Crippen LogP contribution in [0.3, 0.4) is 0 Å².